The molecule has 0 unspecified atom stereocenters. The van der Waals surface area contributed by atoms with Crippen LogP contribution in [-0.4, -0.2) is 48.7 Å². The van der Waals surface area contributed by atoms with Crippen molar-refractivity contribution < 1.29 is 19.4 Å². The summed E-state index contributed by atoms with van der Waals surface area (Å²) >= 11 is 1.56. The summed E-state index contributed by atoms with van der Waals surface area (Å²) in [6, 6.07) is 24.5. The number of urea groups is 1. The number of carbonyl (C=O) groups excluding carboxylic acids is 1. The van der Waals surface area contributed by atoms with Gasteiger partial charge in [-0.2, -0.15) is 0 Å². The lowest BCUT2D eigenvalue weighted by Gasteiger charge is -2.56. The predicted octanol–water partition coefficient (Wildman–Crippen LogP) is 6.48. The van der Waals surface area contributed by atoms with Gasteiger partial charge in [0.25, 0.3) is 0 Å². The van der Waals surface area contributed by atoms with Gasteiger partial charge < -0.3 is 25.2 Å². The Balaban J connectivity index is 0.949. The third-order valence-electron chi connectivity index (χ3n) is 11.0. The van der Waals surface area contributed by atoms with E-state index in [0.717, 1.165) is 75.6 Å². The van der Waals surface area contributed by atoms with Crippen LogP contribution in [-0.2, 0) is 29.7 Å². The maximum atomic E-state index is 13.2. The molecular weight excluding hydrogens is 637 g/mol. The molecule has 11 heteroatoms. The SMILES string of the molecule is Cn1nnnc1SC[C@H]1C[C@@H](c2ccc(CO)cc2)O[C@@H](c2ccc(-c3ccccc3CNC(=O)NC34CC5CC(CC(C5)C3)C4)cc2)O1. The summed E-state index contributed by atoms with van der Waals surface area (Å²) in [6.07, 6.45) is 7.33. The first kappa shape index (κ1) is 32.4. The first-order valence-corrected chi connectivity index (χ1v) is 18.5. The molecule has 2 amide bonds. The molecule has 3 atom stereocenters. The summed E-state index contributed by atoms with van der Waals surface area (Å²) in [5.74, 6) is 3.04. The third-order valence-corrected chi connectivity index (χ3v) is 12.1. The van der Waals surface area contributed by atoms with Crippen LogP contribution in [0.15, 0.2) is 78.0 Å². The van der Waals surface area contributed by atoms with Gasteiger partial charge in [-0.15, -0.1) is 5.10 Å². The summed E-state index contributed by atoms with van der Waals surface area (Å²) in [4.78, 5) is 13.2. The average molecular weight is 681 g/mol. The number of hydrogen-bond acceptors (Lipinski definition) is 8. The van der Waals surface area contributed by atoms with Crippen LogP contribution < -0.4 is 10.6 Å². The maximum absolute atomic E-state index is 13.2. The molecule has 0 radical (unpaired) electrons. The lowest BCUT2D eigenvalue weighted by atomic mass is 9.53. The quantitative estimate of drug-likeness (QED) is 0.163. The topological polar surface area (TPSA) is 123 Å². The van der Waals surface area contributed by atoms with Crippen molar-refractivity contribution >= 4 is 17.8 Å². The monoisotopic (exact) mass is 680 g/mol. The molecule has 2 heterocycles. The van der Waals surface area contributed by atoms with Crippen molar-refractivity contribution in [2.45, 2.75) is 87.3 Å². The normalized spacial score (nSPS) is 28.8. The Kier molecular flexibility index (Phi) is 9.17. The molecule has 1 aliphatic heterocycles. The number of carbonyl (C=O) groups is 1. The molecule has 10 nitrogen and oxygen atoms in total. The largest absolute Gasteiger partial charge is 0.392 e. The van der Waals surface area contributed by atoms with Crippen LogP contribution in [0.1, 0.15) is 79.6 Å². The van der Waals surface area contributed by atoms with E-state index in [9.17, 15) is 9.90 Å². The van der Waals surface area contributed by atoms with Crippen LogP contribution in [0.5, 0.6) is 0 Å². The van der Waals surface area contributed by atoms with Crippen LogP contribution in [0.3, 0.4) is 0 Å². The second-order valence-electron chi connectivity index (χ2n) is 14.5. The number of nitrogens with zero attached hydrogens (tertiary/aromatic N) is 4. The van der Waals surface area contributed by atoms with E-state index in [2.05, 4.69) is 62.6 Å². The summed E-state index contributed by atoms with van der Waals surface area (Å²) in [7, 11) is 1.83. The molecule has 0 spiro atoms. The number of nitrogens with one attached hydrogen (secondary N) is 2. The Labute approximate surface area is 291 Å². The van der Waals surface area contributed by atoms with Crippen molar-refractivity contribution in [3.8, 4) is 11.1 Å². The molecule has 1 saturated heterocycles. The van der Waals surface area contributed by atoms with E-state index >= 15 is 0 Å². The van der Waals surface area contributed by atoms with Crippen molar-refractivity contribution in [3.05, 3.63) is 95.1 Å². The van der Waals surface area contributed by atoms with E-state index in [-0.39, 0.29) is 30.4 Å². The number of aryl methyl sites for hydroxylation is 1. The van der Waals surface area contributed by atoms with Crippen LogP contribution in [0.25, 0.3) is 11.1 Å². The van der Waals surface area contributed by atoms with Crippen LogP contribution in [0, 0.1) is 17.8 Å². The Bertz CT molecular complexity index is 1730. The lowest BCUT2D eigenvalue weighted by molar-refractivity contribution is -0.245. The van der Waals surface area contributed by atoms with E-state index in [1.807, 2.05) is 43.4 Å². The van der Waals surface area contributed by atoms with E-state index < -0.39 is 6.29 Å². The van der Waals surface area contributed by atoms with Gasteiger partial charge in [0.1, 0.15) is 0 Å². The van der Waals surface area contributed by atoms with E-state index in [1.54, 1.807) is 16.4 Å². The molecule has 5 fully saturated rings. The van der Waals surface area contributed by atoms with Gasteiger partial charge in [0, 0.05) is 36.9 Å². The molecule has 5 aliphatic rings. The van der Waals surface area contributed by atoms with Gasteiger partial charge in [-0.3, -0.25) is 0 Å². The van der Waals surface area contributed by atoms with Gasteiger partial charge in [-0.25, -0.2) is 9.48 Å². The van der Waals surface area contributed by atoms with Gasteiger partial charge in [0.05, 0.1) is 18.8 Å². The highest BCUT2D eigenvalue weighted by atomic mass is 32.2. The maximum Gasteiger partial charge on any atom is 0.315 e. The molecule has 1 aromatic heterocycles. The number of tetrazole rings is 1. The first-order valence-electron chi connectivity index (χ1n) is 17.5. The standard InChI is InChI=1S/C38H44N6O4S/c1-44-37(41-42-43-44)49-23-32-17-34(29-8-6-24(22-45)7-9-29)48-35(47-32)30-12-10-28(11-13-30)33-5-3-2-4-31(33)21-39-36(46)40-38-18-25-14-26(19-38)16-27(15-25)20-38/h2-13,25-27,32,34-35,45H,14-23H2,1H3,(H2,39,40,46)/t25?,26?,27?,32-,34+,35+,38?/m1/s1. The van der Waals surface area contributed by atoms with Gasteiger partial charge in [-0.05, 0) is 94.5 Å². The molecule has 3 N–H and O–H groups in total. The van der Waals surface area contributed by atoms with E-state index in [1.165, 1.54) is 19.3 Å². The van der Waals surface area contributed by atoms with Crippen molar-refractivity contribution in [2.24, 2.45) is 24.8 Å². The van der Waals surface area contributed by atoms with Gasteiger partial charge in [0.15, 0.2) is 6.29 Å². The summed E-state index contributed by atoms with van der Waals surface area (Å²) in [5, 5.41) is 28.7. The molecule has 3 aromatic carbocycles. The van der Waals surface area contributed by atoms with Gasteiger partial charge in [0.2, 0.25) is 5.16 Å². The highest BCUT2D eigenvalue weighted by Gasteiger charge is 2.51. The fraction of sp³-hybridized carbons (Fsp3) is 0.474. The number of benzene rings is 3. The molecule has 4 aliphatic carbocycles. The summed E-state index contributed by atoms with van der Waals surface area (Å²) in [6.45, 7) is 0.464. The number of amides is 2. The van der Waals surface area contributed by atoms with Crippen LogP contribution in [0.4, 0.5) is 4.79 Å². The molecule has 4 saturated carbocycles. The predicted molar refractivity (Wildman–Crippen MR) is 186 cm³/mol. The van der Waals surface area contributed by atoms with Crippen LogP contribution in [0.2, 0.25) is 0 Å². The Morgan fingerprint density at radius 2 is 1.61 bits per heavy atom. The zero-order chi connectivity index (χ0) is 33.4. The Morgan fingerprint density at radius 3 is 2.29 bits per heavy atom. The molecular formula is C38H44N6O4S. The van der Waals surface area contributed by atoms with Gasteiger partial charge >= 0.3 is 6.03 Å². The number of aliphatic hydroxyl groups excluding tert-OH is 1. The minimum absolute atomic E-state index is 0.00309. The number of ether oxygens (including phenoxy) is 2. The Morgan fingerprint density at radius 1 is 0.918 bits per heavy atom. The fourth-order valence-corrected chi connectivity index (χ4v) is 9.90. The minimum Gasteiger partial charge on any atom is -0.392 e. The van der Waals surface area contributed by atoms with Crippen molar-refractivity contribution in [2.75, 3.05) is 5.75 Å². The number of aromatic nitrogens is 4. The number of rotatable bonds is 10. The minimum atomic E-state index is -0.557. The van der Waals surface area contributed by atoms with Gasteiger partial charge in [-0.1, -0.05) is 84.6 Å². The second-order valence-corrected chi connectivity index (χ2v) is 15.5. The molecule has 49 heavy (non-hydrogen) atoms. The summed E-state index contributed by atoms with van der Waals surface area (Å²) < 4.78 is 14.8. The number of aliphatic hydroxyl groups is 1. The average Bonchev–Trinajstić information content (AvgIpc) is 3.53. The number of thioether (sulfide) groups is 1. The van der Waals surface area contributed by atoms with E-state index in [4.69, 9.17) is 9.47 Å². The lowest BCUT2D eigenvalue weighted by Crippen LogP contribution is -2.61. The number of hydrogen-bond donors (Lipinski definition) is 3. The van der Waals surface area contributed by atoms with E-state index in [0.29, 0.717) is 18.7 Å². The fourth-order valence-electron chi connectivity index (χ4n) is 9.03. The zero-order valence-corrected chi connectivity index (χ0v) is 28.6. The zero-order valence-electron chi connectivity index (χ0n) is 27.8. The summed E-state index contributed by atoms with van der Waals surface area (Å²) in [5.41, 5.74) is 6.06. The van der Waals surface area contributed by atoms with Crippen LogP contribution >= 0.6 is 11.8 Å². The van der Waals surface area contributed by atoms with Crippen molar-refractivity contribution in [3.63, 3.8) is 0 Å². The van der Waals surface area contributed by atoms with Crippen molar-refractivity contribution in [1.82, 2.24) is 30.8 Å². The highest BCUT2D eigenvalue weighted by Crippen LogP contribution is 2.55. The molecule has 256 valence electrons. The highest BCUT2D eigenvalue weighted by molar-refractivity contribution is 7.99. The molecule has 4 bridgehead atoms. The molecule has 9 rings (SSSR count). The molecule has 4 aromatic rings. The second kappa shape index (κ2) is 13.9. The Hall–Kier alpha value is -3.77. The smallest absolute Gasteiger partial charge is 0.315 e. The van der Waals surface area contributed by atoms with Crippen molar-refractivity contribution in [1.29, 1.82) is 0 Å². The first-order chi connectivity index (χ1) is 23.9. The third kappa shape index (κ3) is 7.12.